The van der Waals surface area contributed by atoms with Crippen LogP contribution in [0.2, 0.25) is 10.0 Å². The number of anilines is 2. The van der Waals surface area contributed by atoms with Crippen molar-refractivity contribution in [3.8, 4) is 17.3 Å². The van der Waals surface area contributed by atoms with Crippen molar-refractivity contribution in [1.29, 1.82) is 0 Å². The molecule has 0 atom stereocenters. The molecular formula is C18H16Cl2FN5O. The van der Waals surface area contributed by atoms with Gasteiger partial charge in [0.1, 0.15) is 28.7 Å². The fourth-order valence-corrected chi connectivity index (χ4v) is 3.97. The molecule has 1 aromatic carbocycles. The maximum atomic E-state index is 13.9. The van der Waals surface area contributed by atoms with Crippen LogP contribution in [0.15, 0.2) is 16.7 Å². The number of hydrogen-bond donors (Lipinski definition) is 1. The molecule has 0 bridgehead atoms. The highest BCUT2D eigenvalue weighted by atomic mass is 35.5. The zero-order chi connectivity index (χ0) is 18.9. The van der Waals surface area contributed by atoms with Gasteiger partial charge in [0.15, 0.2) is 5.82 Å². The maximum absolute atomic E-state index is 13.9. The minimum Gasteiger partial charge on any atom is -0.368 e. The molecule has 0 fully saturated rings. The molecule has 0 radical (unpaired) electrons. The summed E-state index contributed by atoms with van der Waals surface area (Å²) in [6.45, 7) is 6.00. The van der Waals surface area contributed by atoms with E-state index in [2.05, 4.69) is 24.9 Å². The first-order valence-corrected chi connectivity index (χ1v) is 9.47. The number of halogens is 3. The van der Waals surface area contributed by atoms with Crippen molar-refractivity contribution in [3.05, 3.63) is 39.4 Å². The second kappa shape index (κ2) is 5.87. The normalized spacial score (nSPS) is 14.5. The predicted octanol–water partition coefficient (Wildman–Crippen LogP) is 4.84. The molecule has 0 saturated carbocycles. The van der Waals surface area contributed by atoms with Gasteiger partial charge in [0.05, 0.1) is 5.02 Å². The van der Waals surface area contributed by atoms with Gasteiger partial charge < -0.3 is 14.7 Å². The second-order valence-corrected chi connectivity index (χ2v) is 7.80. The lowest BCUT2D eigenvalue weighted by atomic mass is 10.1. The molecule has 1 N–H and O–H groups in total. The van der Waals surface area contributed by atoms with E-state index in [0.29, 0.717) is 28.8 Å². The van der Waals surface area contributed by atoms with Crippen LogP contribution in [0.25, 0.3) is 17.3 Å². The SMILES string of the molecule is CC(C)c1noc(-c2c3c4c(n2-3)NCCN4Cc2c(Cl)ccc(F)c2Cl)n1. The van der Waals surface area contributed by atoms with Crippen LogP contribution in [-0.4, -0.2) is 27.8 Å². The highest BCUT2D eigenvalue weighted by Gasteiger charge is 2.45. The van der Waals surface area contributed by atoms with Gasteiger partial charge in [0.25, 0.3) is 5.89 Å². The van der Waals surface area contributed by atoms with Crippen LogP contribution >= 0.6 is 23.2 Å². The van der Waals surface area contributed by atoms with E-state index in [1.165, 1.54) is 12.1 Å². The molecular weight excluding hydrogens is 392 g/mol. The number of benzene rings is 1. The summed E-state index contributed by atoms with van der Waals surface area (Å²) in [5.74, 6) is 1.94. The summed E-state index contributed by atoms with van der Waals surface area (Å²) in [4.78, 5) is 6.63. The van der Waals surface area contributed by atoms with E-state index in [-0.39, 0.29) is 10.9 Å². The van der Waals surface area contributed by atoms with Gasteiger partial charge in [-0.1, -0.05) is 42.2 Å². The molecule has 140 valence electrons. The summed E-state index contributed by atoms with van der Waals surface area (Å²) in [6, 6.07) is 2.82. The lowest BCUT2D eigenvalue weighted by Gasteiger charge is -2.35. The van der Waals surface area contributed by atoms with Crippen LogP contribution in [0.3, 0.4) is 0 Å². The Bertz CT molecular complexity index is 1070. The minimum atomic E-state index is -0.464. The second-order valence-electron chi connectivity index (χ2n) is 7.01. The van der Waals surface area contributed by atoms with Gasteiger partial charge in [-0.15, -0.1) is 0 Å². The van der Waals surface area contributed by atoms with E-state index in [1.807, 2.05) is 13.8 Å². The van der Waals surface area contributed by atoms with Gasteiger partial charge in [-0.25, -0.2) is 4.39 Å². The summed E-state index contributed by atoms with van der Waals surface area (Å²) >= 11 is 12.4. The first-order valence-electron chi connectivity index (χ1n) is 8.71. The average molecular weight is 408 g/mol. The van der Waals surface area contributed by atoms with Crippen molar-refractivity contribution in [2.75, 3.05) is 23.3 Å². The molecule has 3 aliphatic rings. The van der Waals surface area contributed by atoms with Crippen molar-refractivity contribution in [2.45, 2.75) is 26.3 Å². The van der Waals surface area contributed by atoms with Crippen molar-refractivity contribution in [2.24, 2.45) is 0 Å². The van der Waals surface area contributed by atoms with Gasteiger partial charge in [-0.05, 0) is 12.1 Å². The fraction of sp³-hybridized carbons (Fsp3) is 0.333. The minimum absolute atomic E-state index is 0.0721. The standard InChI is InChI=1S/C18H16Cl2FN5O/c1-8(2)16-23-18(27-24-16)15-13-14-17(26(13)15)22-5-6-25(14)7-9-10(19)3-4-11(21)12(9)20/h3-4,8,22H,5-7H2,1-2H3. The Morgan fingerprint density at radius 1 is 1.30 bits per heavy atom. The third-order valence-corrected chi connectivity index (χ3v) is 5.70. The van der Waals surface area contributed by atoms with Crippen LogP contribution in [0.1, 0.15) is 31.2 Å². The van der Waals surface area contributed by atoms with Gasteiger partial charge >= 0.3 is 0 Å². The van der Waals surface area contributed by atoms with E-state index >= 15 is 0 Å². The summed E-state index contributed by atoms with van der Waals surface area (Å²) in [5.41, 5.74) is 3.63. The van der Waals surface area contributed by atoms with E-state index in [1.54, 1.807) is 0 Å². The smallest absolute Gasteiger partial charge is 0.277 e. The van der Waals surface area contributed by atoms with Gasteiger partial charge in [0, 0.05) is 36.1 Å². The number of nitrogens with one attached hydrogen (secondary N) is 1. The fourth-order valence-electron chi connectivity index (χ4n) is 3.48. The average Bonchev–Trinajstić information content (AvgIpc) is 3.01. The van der Waals surface area contributed by atoms with Crippen LogP contribution in [0.4, 0.5) is 15.9 Å². The number of nitrogens with zero attached hydrogens (tertiary/aromatic N) is 4. The molecule has 6 nitrogen and oxygen atoms in total. The Morgan fingerprint density at radius 2 is 2.11 bits per heavy atom. The van der Waals surface area contributed by atoms with Crippen molar-refractivity contribution in [3.63, 3.8) is 0 Å². The molecule has 4 heterocycles. The first-order chi connectivity index (χ1) is 13.0. The third kappa shape index (κ3) is 2.45. The molecule has 0 aliphatic carbocycles. The Hall–Kier alpha value is -2.25. The zero-order valence-corrected chi connectivity index (χ0v) is 16.2. The van der Waals surface area contributed by atoms with Crippen LogP contribution in [-0.2, 0) is 6.54 Å². The van der Waals surface area contributed by atoms with Crippen molar-refractivity contribution >= 4 is 34.7 Å². The monoisotopic (exact) mass is 407 g/mol. The maximum Gasteiger partial charge on any atom is 0.277 e. The Balaban J connectivity index is 1.49. The number of fused-ring (bicyclic) bond motifs is 4. The third-order valence-electron chi connectivity index (χ3n) is 4.93. The lowest BCUT2D eigenvalue weighted by molar-refractivity contribution is 0.419. The molecule has 27 heavy (non-hydrogen) atoms. The van der Waals surface area contributed by atoms with E-state index < -0.39 is 5.82 Å². The Morgan fingerprint density at radius 3 is 2.85 bits per heavy atom. The molecule has 3 aliphatic heterocycles. The highest BCUT2D eigenvalue weighted by Crippen LogP contribution is 2.58. The van der Waals surface area contributed by atoms with Gasteiger partial charge in [0.2, 0.25) is 0 Å². The number of rotatable bonds is 4. The van der Waals surface area contributed by atoms with E-state index in [4.69, 9.17) is 27.7 Å². The summed E-state index contributed by atoms with van der Waals surface area (Å²) in [6.07, 6.45) is 0. The molecule has 0 spiro atoms. The van der Waals surface area contributed by atoms with Gasteiger partial charge in [-0.3, -0.25) is 4.57 Å². The summed E-state index contributed by atoms with van der Waals surface area (Å²) in [7, 11) is 0. The van der Waals surface area contributed by atoms with E-state index in [9.17, 15) is 4.39 Å². The molecule has 1 aromatic heterocycles. The van der Waals surface area contributed by atoms with Crippen LogP contribution in [0, 0.1) is 5.82 Å². The van der Waals surface area contributed by atoms with Crippen LogP contribution < -0.4 is 10.2 Å². The topological polar surface area (TPSA) is 59.1 Å². The number of hydrogen-bond acceptors (Lipinski definition) is 5. The van der Waals surface area contributed by atoms with E-state index in [0.717, 1.165) is 36.0 Å². The number of aromatic nitrogens is 3. The molecule has 0 saturated heterocycles. The molecule has 9 heteroatoms. The molecule has 0 amide bonds. The molecule has 0 unspecified atom stereocenters. The Labute approximate surface area is 164 Å². The first kappa shape index (κ1) is 16.9. The van der Waals surface area contributed by atoms with Crippen molar-refractivity contribution < 1.29 is 8.91 Å². The van der Waals surface area contributed by atoms with Crippen LogP contribution in [0.5, 0.6) is 0 Å². The van der Waals surface area contributed by atoms with Gasteiger partial charge in [-0.2, -0.15) is 4.98 Å². The highest BCUT2D eigenvalue weighted by molar-refractivity contribution is 6.36. The summed E-state index contributed by atoms with van der Waals surface area (Å²) in [5, 5.41) is 7.95. The largest absolute Gasteiger partial charge is 0.368 e. The molecule has 2 aromatic rings. The quantitative estimate of drug-likeness (QED) is 0.490. The zero-order valence-electron chi connectivity index (χ0n) is 14.7. The Kier molecular flexibility index (Phi) is 3.67. The molecule has 5 rings (SSSR count). The lowest BCUT2D eigenvalue weighted by Crippen LogP contribution is -2.36. The predicted molar refractivity (Wildman–Crippen MR) is 103 cm³/mol. The summed E-state index contributed by atoms with van der Waals surface area (Å²) < 4.78 is 21.3. The van der Waals surface area contributed by atoms with Crippen molar-refractivity contribution in [1.82, 2.24) is 14.7 Å².